The van der Waals surface area contributed by atoms with E-state index in [0.29, 0.717) is 43.0 Å². The van der Waals surface area contributed by atoms with Crippen molar-refractivity contribution in [3.05, 3.63) is 57.9 Å². The molecule has 2 aliphatic rings. The van der Waals surface area contributed by atoms with Gasteiger partial charge in [-0.1, -0.05) is 17.7 Å². The summed E-state index contributed by atoms with van der Waals surface area (Å²) in [5.41, 5.74) is 1.57. The maximum Gasteiger partial charge on any atom is 0.254 e. The van der Waals surface area contributed by atoms with Crippen molar-refractivity contribution in [1.82, 2.24) is 4.90 Å². The molecular weight excluding hydrogens is 385 g/mol. The number of benzene rings is 2. The van der Waals surface area contributed by atoms with Crippen LogP contribution >= 0.6 is 11.6 Å². The molecule has 148 valence electrons. The van der Waals surface area contributed by atoms with Crippen molar-refractivity contribution >= 4 is 17.5 Å². The zero-order valence-electron chi connectivity index (χ0n) is 15.7. The number of rotatable bonds is 4. The molecule has 2 aromatic rings. The summed E-state index contributed by atoms with van der Waals surface area (Å²) in [5, 5.41) is 9.53. The van der Waals surface area contributed by atoms with E-state index in [1.165, 1.54) is 19.2 Å². The molecule has 0 aromatic heterocycles. The van der Waals surface area contributed by atoms with Crippen molar-refractivity contribution in [2.45, 2.75) is 31.5 Å². The first-order valence-electron chi connectivity index (χ1n) is 9.09. The number of carbonyl (C=O) groups is 1. The lowest BCUT2D eigenvalue weighted by Gasteiger charge is -2.36. The van der Waals surface area contributed by atoms with Crippen LogP contribution in [-0.2, 0) is 12.8 Å². The van der Waals surface area contributed by atoms with Gasteiger partial charge in [0.2, 0.25) is 0 Å². The van der Waals surface area contributed by atoms with E-state index in [-0.39, 0.29) is 10.9 Å². The summed E-state index contributed by atoms with van der Waals surface area (Å²) in [4.78, 5) is 14.2. The number of amides is 1. The first kappa shape index (κ1) is 19.0. The fourth-order valence-corrected chi connectivity index (χ4v) is 3.97. The molecule has 1 amide bonds. The molecule has 0 bridgehead atoms. The van der Waals surface area contributed by atoms with Crippen LogP contribution in [0.1, 0.15) is 28.4 Å². The summed E-state index contributed by atoms with van der Waals surface area (Å²) in [6.45, 7) is 2.63. The van der Waals surface area contributed by atoms with Crippen LogP contribution in [0.4, 0.5) is 4.39 Å². The molecule has 28 heavy (non-hydrogen) atoms. The summed E-state index contributed by atoms with van der Waals surface area (Å²) in [6.07, 6.45) is 0.597. The Kier molecular flexibility index (Phi) is 4.71. The van der Waals surface area contributed by atoms with E-state index in [0.717, 1.165) is 11.1 Å². The highest BCUT2D eigenvalue weighted by molar-refractivity contribution is 6.30. The Labute approximate surface area is 167 Å². The van der Waals surface area contributed by atoms with Gasteiger partial charge in [0.25, 0.3) is 5.91 Å². The van der Waals surface area contributed by atoms with Gasteiger partial charge < -0.3 is 19.5 Å². The van der Waals surface area contributed by atoms with Crippen LogP contribution in [0.25, 0.3) is 0 Å². The molecule has 7 heteroatoms. The molecular formula is C21H21ClFNO4. The number of nitrogens with zero attached hydrogens (tertiary/aromatic N) is 1. The van der Waals surface area contributed by atoms with Gasteiger partial charge in [0.15, 0.2) is 11.5 Å². The monoisotopic (exact) mass is 405 g/mol. The average Bonchev–Trinajstić information content (AvgIpc) is 2.96. The Morgan fingerprint density at radius 2 is 2.14 bits per heavy atom. The molecule has 1 fully saturated rings. The van der Waals surface area contributed by atoms with E-state index in [1.807, 2.05) is 13.0 Å². The number of β-amino-alcohol motifs (C(OH)–C–C–N with tert-alkyl or cyclic N) is 1. The number of fused-ring (bicyclic) bond motifs is 1. The van der Waals surface area contributed by atoms with E-state index < -0.39 is 17.5 Å². The summed E-state index contributed by atoms with van der Waals surface area (Å²) in [7, 11) is 1.53. The van der Waals surface area contributed by atoms with E-state index in [1.54, 1.807) is 17.0 Å². The minimum absolute atomic E-state index is 0.0884. The molecule has 0 saturated carbocycles. The van der Waals surface area contributed by atoms with Gasteiger partial charge in [0.1, 0.15) is 11.4 Å². The highest BCUT2D eigenvalue weighted by Gasteiger charge is 2.38. The van der Waals surface area contributed by atoms with Gasteiger partial charge in [-0.2, -0.15) is 0 Å². The lowest BCUT2D eigenvalue weighted by atomic mass is 9.91. The number of hydrogen-bond acceptors (Lipinski definition) is 4. The maximum absolute atomic E-state index is 13.8. The van der Waals surface area contributed by atoms with E-state index >= 15 is 0 Å². The van der Waals surface area contributed by atoms with Crippen molar-refractivity contribution in [2.75, 3.05) is 20.2 Å². The Hall–Kier alpha value is -2.31. The first-order chi connectivity index (χ1) is 13.3. The number of hydrogen-bond donors (Lipinski definition) is 1. The van der Waals surface area contributed by atoms with Gasteiger partial charge in [-0.15, -0.1) is 0 Å². The van der Waals surface area contributed by atoms with Crippen LogP contribution in [-0.4, -0.2) is 47.8 Å². The molecule has 0 spiro atoms. The molecule has 4 rings (SSSR count). The highest BCUT2D eigenvalue weighted by Crippen LogP contribution is 2.44. The van der Waals surface area contributed by atoms with Crippen LogP contribution in [0.5, 0.6) is 11.5 Å². The van der Waals surface area contributed by atoms with Crippen LogP contribution in [0.15, 0.2) is 30.3 Å². The van der Waals surface area contributed by atoms with Crippen LogP contribution < -0.4 is 9.47 Å². The SMILES string of the molecule is COc1cc(C(=O)N2CC(O)C2)cc2c1OC(C)(Cc1ccc(Cl)c(F)c1)C2. The molecule has 1 atom stereocenters. The molecule has 0 aliphatic carbocycles. The minimum atomic E-state index is -0.593. The van der Waals surface area contributed by atoms with Gasteiger partial charge in [-0.05, 0) is 36.8 Å². The standard InChI is InChI=1S/C21H21ClFNO4/c1-21(8-12-3-4-16(22)17(23)5-12)9-14-6-13(7-18(27-2)19(14)28-21)20(26)24-10-15(25)11-24/h3-7,15,25H,8-11H2,1-2H3. The molecule has 0 radical (unpaired) electrons. The van der Waals surface area contributed by atoms with E-state index in [4.69, 9.17) is 21.1 Å². The quantitative estimate of drug-likeness (QED) is 0.848. The van der Waals surface area contributed by atoms with Gasteiger partial charge in [0, 0.05) is 37.1 Å². The third-order valence-electron chi connectivity index (χ3n) is 5.22. The van der Waals surface area contributed by atoms with Gasteiger partial charge in [-0.25, -0.2) is 4.39 Å². The normalized spacial score (nSPS) is 21.1. The topological polar surface area (TPSA) is 59.0 Å². The van der Waals surface area contributed by atoms with Gasteiger partial charge in [-0.3, -0.25) is 4.79 Å². The van der Waals surface area contributed by atoms with E-state index in [2.05, 4.69) is 0 Å². The van der Waals surface area contributed by atoms with Crippen molar-refractivity contribution in [1.29, 1.82) is 0 Å². The van der Waals surface area contributed by atoms with Crippen LogP contribution in [0, 0.1) is 5.82 Å². The third kappa shape index (κ3) is 3.42. The lowest BCUT2D eigenvalue weighted by molar-refractivity contribution is 0.00587. The van der Waals surface area contributed by atoms with Gasteiger partial charge in [0.05, 0.1) is 18.2 Å². The highest BCUT2D eigenvalue weighted by atomic mass is 35.5. The van der Waals surface area contributed by atoms with Crippen molar-refractivity contribution < 1.29 is 23.8 Å². The Bertz CT molecular complexity index is 944. The first-order valence-corrected chi connectivity index (χ1v) is 9.47. The number of halogens is 2. The van der Waals surface area contributed by atoms with E-state index in [9.17, 15) is 14.3 Å². The predicted molar refractivity (Wildman–Crippen MR) is 103 cm³/mol. The minimum Gasteiger partial charge on any atom is -0.493 e. The zero-order chi connectivity index (χ0) is 20.1. The van der Waals surface area contributed by atoms with Crippen LogP contribution in [0.3, 0.4) is 0 Å². The molecule has 2 heterocycles. The van der Waals surface area contributed by atoms with Crippen molar-refractivity contribution in [2.24, 2.45) is 0 Å². The van der Waals surface area contributed by atoms with Gasteiger partial charge >= 0.3 is 0 Å². The number of methoxy groups -OCH3 is 1. The zero-order valence-corrected chi connectivity index (χ0v) is 16.4. The van der Waals surface area contributed by atoms with Crippen molar-refractivity contribution in [3.8, 4) is 11.5 Å². The summed E-state index contributed by atoms with van der Waals surface area (Å²) in [6, 6.07) is 8.22. The molecule has 1 N–H and O–H groups in total. The molecule has 2 aliphatic heterocycles. The largest absolute Gasteiger partial charge is 0.493 e. The Morgan fingerprint density at radius 3 is 2.79 bits per heavy atom. The molecule has 1 unspecified atom stereocenters. The lowest BCUT2D eigenvalue weighted by Crippen LogP contribution is -2.53. The maximum atomic E-state index is 13.8. The fraction of sp³-hybridized carbons (Fsp3) is 0.381. The molecule has 1 saturated heterocycles. The number of aliphatic hydroxyl groups is 1. The number of likely N-dealkylation sites (tertiary alicyclic amines) is 1. The second kappa shape index (κ2) is 6.94. The average molecular weight is 406 g/mol. The third-order valence-corrected chi connectivity index (χ3v) is 5.53. The number of ether oxygens (including phenoxy) is 2. The van der Waals surface area contributed by atoms with Crippen molar-refractivity contribution in [3.63, 3.8) is 0 Å². The predicted octanol–water partition coefficient (Wildman–Crippen LogP) is 3.24. The molecule has 5 nitrogen and oxygen atoms in total. The smallest absolute Gasteiger partial charge is 0.254 e. The second-order valence-corrected chi connectivity index (χ2v) is 8.09. The molecule has 2 aromatic carbocycles. The van der Waals surface area contributed by atoms with Crippen LogP contribution in [0.2, 0.25) is 5.02 Å². The fourth-order valence-electron chi connectivity index (χ4n) is 3.85. The Balaban J connectivity index is 1.59. The number of aliphatic hydroxyl groups excluding tert-OH is 1. The summed E-state index contributed by atoms with van der Waals surface area (Å²) < 4.78 is 25.4. The number of carbonyl (C=O) groups excluding carboxylic acids is 1. The Morgan fingerprint density at radius 1 is 1.39 bits per heavy atom. The summed E-state index contributed by atoms with van der Waals surface area (Å²) >= 11 is 5.77. The second-order valence-electron chi connectivity index (χ2n) is 7.68. The summed E-state index contributed by atoms with van der Waals surface area (Å²) in [5.74, 6) is 0.507.